The highest BCUT2D eigenvalue weighted by Gasteiger charge is 2.45. The summed E-state index contributed by atoms with van der Waals surface area (Å²) in [5.74, 6) is -1.55. The highest BCUT2D eigenvalue weighted by molar-refractivity contribution is 7.89. The summed E-state index contributed by atoms with van der Waals surface area (Å²) in [6.45, 7) is 2.00. The molecule has 19 heavy (non-hydrogen) atoms. The molecule has 114 valence electrons. The third kappa shape index (κ3) is 5.66. The van der Waals surface area contributed by atoms with Gasteiger partial charge in [-0.25, -0.2) is 13.1 Å². The molecule has 0 radical (unpaired) electrons. The summed E-state index contributed by atoms with van der Waals surface area (Å²) in [6.07, 6.45) is -2.30. The fourth-order valence-electron chi connectivity index (χ4n) is 2.44. The molecule has 4 nitrogen and oxygen atoms in total. The van der Waals surface area contributed by atoms with Gasteiger partial charge in [0, 0.05) is 19.1 Å². The second kappa shape index (κ2) is 6.90. The molecular weight excluding hydrogens is 281 g/mol. The molecule has 0 heterocycles. The van der Waals surface area contributed by atoms with Crippen LogP contribution in [0.1, 0.15) is 32.6 Å². The smallest absolute Gasteiger partial charge is 0.312 e. The van der Waals surface area contributed by atoms with Crippen LogP contribution in [-0.2, 0) is 10.0 Å². The van der Waals surface area contributed by atoms with Gasteiger partial charge in [-0.1, -0.05) is 19.8 Å². The minimum absolute atomic E-state index is 0.0482. The second-order valence-electron chi connectivity index (χ2n) is 4.81. The maximum atomic E-state index is 12.8. The van der Waals surface area contributed by atoms with Crippen LogP contribution in [0, 0.1) is 5.92 Å². The van der Waals surface area contributed by atoms with Crippen LogP contribution in [0.25, 0.3) is 0 Å². The van der Waals surface area contributed by atoms with Crippen LogP contribution in [0.4, 0.5) is 13.2 Å². The molecule has 0 spiro atoms. The van der Waals surface area contributed by atoms with E-state index in [-0.39, 0.29) is 25.3 Å². The van der Waals surface area contributed by atoms with E-state index in [1.807, 2.05) is 0 Å². The Morgan fingerprint density at radius 1 is 1.21 bits per heavy atom. The van der Waals surface area contributed by atoms with Crippen molar-refractivity contribution in [2.45, 2.75) is 44.8 Å². The average Bonchev–Trinajstić information content (AvgIpc) is 2.28. The maximum absolute atomic E-state index is 12.8. The van der Waals surface area contributed by atoms with E-state index >= 15 is 0 Å². The molecule has 1 fully saturated rings. The van der Waals surface area contributed by atoms with E-state index in [2.05, 4.69) is 10.0 Å². The van der Waals surface area contributed by atoms with Gasteiger partial charge >= 0.3 is 6.18 Å². The van der Waals surface area contributed by atoms with Crippen molar-refractivity contribution in [2.75, 3.05) is 18.8 Å². The van der Waals surface area contributed by atoms with Crippen LogP contribution >= 0.6 is 0 Å². The van der Waals surface area contributed by atoms with Crippen LogP contribution in [0.15, 0.2) is 0 Å². The van der Waals surface area contributed by atoms with Crippen LogP contribution in [0.5, 0.6) is 0 Å². The first-order valence-electron chi connectivity index (χ1n) is 6.53. The van der Waals surface area contributed by atoms with E-state index in [1.165, 1.54) is 0 Å². The molecular formula is C11H21F3N2O2S. The molecule has 0 aromatic carbocycles. The lowest BCUT2D eigenvalue weighted by atomic mass is 9.84. The lowest BCUT2D eigenvalue weighted by molar-refractivity contribution is -0.188. The van der Waals surface area contributed by atoms with Crippen molar-refractivity contribution in [3.05, 3.63) is 0 Å². The molecule has 0 bridgehead atoms. The predicted octanol–water partition coefficient (Wildman–Crippen LogP) is 1.64. The van der Waals surface area contributed by atoms with E-state index in [0.29, 0.717) is 12.8 Å². The summed E-state index contributed by atoms with van der Waals surface area (Å²) in [4.78, 5) is 0. The molecule has 2 N–H and O–H groups in total. The van der Waals surface area contributed by atoms with Gasteiger partial charge < -0.3 is 5.32 Å². The van der Waals surface area contributed by atoms with Crippen LogP contribution in [-0.4, -0.2) is 39.5 Å². The Balaban J connectivity index is 2.46. The molecule has 0 amide bonds. The van der Waals surface area contributed by atoms with Gasteiger partial charge in [-0.3, -0.25) is 0 Å². The largest absolute Gasteiger partial charge is 0.393 e. The molecule has 1 aliphatic rings. The van der Waals surface area contributed by atoms with E-state index in [9.17, 15) is 21.6 Å². The lowest BCUT2D eigenvalue weighted by Gasteiger charge is -2.33. The van der Waals surface area contributed by atoms with Crippen LogP contribution < -0.4 is 10.0 Å². The summed E-state index contributed by atoms with van der Waals surface area (Å²) < 4.78 is 63.5. The monoisotopic (exact) mass is 302 g/mol. The molecule has 1 saturated carbocycles. The third-order valence-corrected chi connectivity index (χ3v) is 4.80. The Bertz CT molecular complexity index is 371. The minimum atomic E-state index is -4.21. The van der Waals surface area contributed by atoms with Crippen LogP contribution in [0.3, 0.4) is 0 Å². The molecule has 0 aromatic rings. The molecule has 0 aromatic heterocycles. The van der Waals surface area contributed by atoms with E-state index < -0.39 is 28.2 Å². The normalized spacial score (nSPS) is 25.5. The molecule has 8 heteroatoms. The van der Waals surface area contributed by atoms with Crippen LogP contribution in [0.2, 0.25) is 0 Å². The minimum Gasteiger partial charge on any atom is -0.312 e. The first-order valence-corrected chi connectivity index (χ1v) is 8.19. The number of rotatable bonds is 6. The van der Waals surface area contributed by atoms with Gasteiger partial charge in [-0.05, 0) is 12.8 Å². The van der Waals surface area contributed by atoms with E-state index in [4.69, 9.17) is 0 Å². The van der Waals surface area contributed by atoms with Crippen molar-refractivity contribution < 1.29 is 21.6 Å². The molecule has 0 aliphatic heterocycles. The van der Waals surface area contributed by atoms with Crippen molar-refractivity contribution >= 4 is 10.0 Å². The molecule has 1 rings (SSSR count). The van der Waals surface area contributed by atoms with E-state index in [0.717, 1.165) is 6.42 Å². The standard InChI is InChI=1S/C11H21F3N2O2S/c1-2-16-19(17,18)8-7-15-10-6-4-3-5-9(10)11(12,13)14/h9-10,15-16H,2-8H2,1H3. The van der Waals surface area contributed by atoms with Gasteiger partial charge in [0.15, 0.2) is 0 Å². The van der Waals surface area contributed by atoms with Gasteiger partial charge in [-0.15, -0.1) is 0 Å². The lowest BCUT2D eigenvalue weighted by Crippen LogP contribution is -2.47. The first kappa shape index (κ1) is 16.7. The Morgan fingerprint density at radius 2 is 1.84 bits per heavy atom. The summed E-state index contributed by atoms with van der Waals surface area (Å²) >= 11 is 0. The van der Waals surface area contributed by atoms with Crippen molar-refractivity contribution in [2.24, 2.45) is 5.92 Å². The fourth-order valence-corrected chi connectivity index (χ4v) is 3.41. The van der Waals surface area contributed by atoms with E-state index in [1.54, 1.807) is 6.92 Å². The zero-order valence-electron chi connectivity index (χ0n) is 11.0. The Morgan fingerprint density at radius 3 is 2.42 bits per heavy atom. The summed E-state index contributed by atoms with van der Waals surface area (Å²) in [6, 6.07) is -0.662. The highest BCUT2D eigenvalue weighted by atomic mass is 32.2. The number of alkyl halides is 3. The average molecular weight is 302 g/mol. The summed E-state index contributed by atoms with van der Waals surface area (Å²) in [5, 5.41) is 2.75. The second-order valence-corrected chi connectivity index (χ2v) is 6.74. The topological polar surface area (TPSA) is 58.2 Å². The number of hydrogen-bond acceptors (Lipinski definition) is 3. The van der Waals surface area contributed by atoms with Crippen molar-refractivity contribution in [1.29, 1.82) is 0 Å². The van der Waals surface area contributed by atoms with Gasteiger partial charge in [0.05, 0.1) is 11.7 Å². The molecule has 2 unspecified atom stereocenters. The molecule has 0 saturated heterocycles. The van der Waals surface area contributed by atoms with Gasteiger partial charge in [0.1, 0.15) is 0 Å². The Kier molecular flexibility index (Phi) is 6.07. The maximum Gasteiger partial charge on any atom is 0.393 e. The SMILES string of the molecule is CCNS(=O)(=O)CCNC1CCCCC1C(F)(F)F. The Labute approximate surface area is 112 Å². The number of halogens is 3. The quantitative estimate of drug-likeness (QED) is 0.784. The van der Waals surface area contributed by atoms with Gasteiger partial charge in [0.25, 0.3) is 0 Å². The molecule has 1 aliphatic carbocycles. The number of sulfonamides is 1. The first-order chi connectivity index (χ1) is 8.76. The van der Waals surface area contributed by atoms with Crippen molar-refractivity contribution in [3.8, 4) is 0 Å². The summed E-state index contributed by atoms with van der Waals surface area (Å²) in [5.41, 5.74) is 0. The molecule has 2 atom stereocenters. The van der Waals surface area contributed by atoms with Gasteiger partial charge in [-0.2, -0.15) is 13.2 Å². The van der Waals surface area contributed by atoms with Crippen molar-refractivity contribution in [3.63, 3.8) is 0 Å². The number of nitrogens with one attached hydrogen (secondary N) is 2. The Hall–Kier alpha value is -0.340. The highest BCUT2D eigenvalue weighted by Crippen LogP contribution is 2.37. The summed E-state index contributed by atoms with van der Waals surface area (Å²) in [7, 11) is -3.38. The van der Waals surface area contributed by atoms with Crippen molar-refractivity contribution in [1.82, 2.24) is 10.0 Å². The zero-order chi connectivity index (χ0) is 14.5. The fraction of sp³-hybridized carbons (Fsp3) is 1.00. The number of hydrogen-bond donors (Lipinski definition) is 2. The zero-order valence-corrected chi connectivity index (χ0v) is 11.8. The van der Waals surface area contributed by atoms with Gasteiger partial charge in [0.2, 0.25) is 10.0 Å². The third-order valence-electron chi connectivity index (χ3n) is 3.33. The predicted molar refractivity (Wildman–Crippen MR) is 67.3 cm³/mol.